The number of hydrogen-bond acceptors (Lipinski definition) is 5. The van der Waals surface area contributed by atoms with Gasteiger partial charge in [0.05, 0.1) is 0 Å². The van der Waals surface area contributed by atoms with Gasteiger partial charge in [0, 0.05) is 26.1 Å². The summed E-state index contributed by atoms with van der Waals surface area (Å²) in [7, 11) is 1.50. The quantitative estimate of drug-likeness (QED) is 0.510. The third kappa shape index (κ3) is 8.23. The lowest BCUT2D eigenvalue weighted by Gasteiger charge is -2.37. The summed E-state index contributed by atoms with van der Waals surface area (Å²) in [6.45, 7) is 15.5. The standard InChI is InChI=1S/C32H50N4O5/c1-20-17-25(28(38)33-18-23-15-12-14-22-13-10-11-16-24(22)23)36(19-20)29(39)26(31(3,4)5)34-27(37)21(2)35(9)30(40)41-32(6,7)8/h10-11,13,16,20-21,23,25-26H,12,14-15,17-19H2,1-9H3,(H,33,38)(H,34,37)/t20-,21-,23-,25-,26+/m0/s1. The number of fused-ring (bicyclic) bond motifs is 1. The molecule has 1 aromatic rings. The molecule has 1 saturated heterocycles. The summed E-state index contributed by atoms with van der Waals surface area (Å²) >= 11 is 0. The summed E-state index contributed by atoms with van der Waals surface area (Å²) in [5.41, 5.74) is 1.32. The number of carbonyl (C=O) groups excluding carboxylic acids is 4. The topological polar surface area (TPSA) is 108 Å². The molecule has 1 aliphatic heterocycles. The maximum Gasteiger partial charge on any atom is 0.410 e. The van der Waals surface area contributed by atoms with Crippen LogP contribution >= 0.6 is 0 Å². The first-order chi connectivity index (χ1) is 19.0. The summed E-state index contributed by atoms with van der Waals surface area (Å²) in [4.78, 5) is 56.2. The second-order valence-electron chi connectivity index (χ2n) is 14.0. The van der Waals surface area contributed by atoms with Crippen LogP contribution in [0.4, 0.5) is 4.79 Å². The third-order valence-electron chi connectivity index (χ3n) is 8.15. The van der Waals surface area contributed by atoms with E-state index in [9.17, 15) is 19.2 Å². The molecule has 4 amide bonds. The molecule has 0 radical (unpaired) electrons. The Bertz CT molecular complexity index is 1120. The number of ether oxygens (including phenoxy) is 1. The fraction of sp³-hybridized carbons (Fsp3) is 0.688. The highest BCUT2D eigenvalue weighted by molar-refractivity contribution is 5.94. The minimum absolute atomic E-state index is 0.150. The predicted octanol–water partition coefficient (Wildman–Crippen LogP) is 4.25. The van der Waals surface area contributed by atoms with Gasteiger partial charge in [0.1, 0.15) is 23.7 Å². The van der Waals surface area contributed by atoms with Crippen LogP contribution in [-0.4, -0.2) is 77.5 Å². The second-order valence-corrected chi connectivity index (χ2v) is 14.0. The summed E-state index contributed by atoms with van der Waals surface area (Å²) in [5.74, 6) is -0.486. The van der Waals surface area contributed by atoms with E-state index in [-0.39, 0.29) is 23.7 Å². The van der Waals surface area contributed by atoms with Gasteiger partial charge in [-0.15, -0.1) is 0 Å². The smallest absolute Gasteiger partial charge is 0.410 e. The molecule has 9 heteroatoms. The SMILES string of the molecule is C[C@H]1C[C@@H](C(=O)NC[C@@H]2CCCc3ccccc32)N(C(=O)[C@@H](NC(=O)[C@H](C)N(C)C(=O)OC(C)(C)C)C(C)(C)C)C1. The zero-order valence-corrected chi connectivity index (χ0v) is 26.4. The molecule has 2 N–H and O–H groups in total. The minimum Gasteiger partial charge on any atom is -0.444 e. The highest BCUT2D eigenvalue weighted by Crippen LogP contribution is 2.32. The van der Waals surface area contributed by atoms with Crippen LogP contribution in [0.5, 0.6) is 0 Å². The van der Waals surface area contributed by atoms with Crippen LogP contribution in [0.15, 0.2) is 24.3 Å². The van der Waals surface area contributed by atoms with E-state index in [1.807, 2.05) is 33.8 Å². The molecule has 0 saturated carbocycles. The van der Waals surface area contributed by atoms with Crippen LogP contribution < -0.4 is 10.6 Å². The molecule has 0 unspecified atom stereocenters. The van der Waals surface area contributed by atoms with Crippen molar-refractivity contribution in [2.24, 2.45) is 11.3 Å². The number of aryl methyl sites for hydroxylation is 1. The number of hydrogen-bond donors (Lipinski definition) is 2. The van der Waals surface area contributed by atoms with Crippen molar-refractivity contribution in [3.8, 4) is 0 Å². The van der Waals surface area contributed by atoms with Crippen LogP contribution in [0.2, 0.25) is 0 Å². The van der Waals surface area contributed by atoms with Crippen molar-refractivity contribution in [3.63, 3.8) is 0 Å². The molecule has 1 fully saturated rings. The van der Waals surface area contributed by atoms with Gasteiger partial charge in [0.25, 0.3) is 0 Å². The second kappa shape index (κ2) is 12.8. The molecular weight excluding hydrogens is 520 g/mol. The Morgan fingerprint density at radius 1 is 1.10 bits per heavy atom. The van der Waals surface area contributed by atoms with E-state index in [1.54, 1.807) is 32.6 Å². The highest BCUT2D eigenvalue weighted by atomic mass is 16.6. The Morgan fingerprint density at radius 2 is 1.76 bits per heavy atom. The Hall–Kier alpha value is -3.10. The fourth-order valence-electron chi connectivity index (χ4n) is 5.69. The van der Waals surface area contributed by atoms with E-state index in [0.717, 1.165) is 19.3 Å². The van der Waals surface area contributed by atoms with E-state index in [0.29, 0.717) is 19.5 Å². The molecule has 3 rings (SSSR count). The summed E-state index contributed by atoms with van der Waals surface area (Å²) in [5, 5.41) is 6.03. The lowest BCUT2D eigenvalue weighted by atomic mass is 9.83. The van der Waals surface area contributed by atoms with Gasteiger partial charge in [0.15, 0.2) is 0 Å². The lowest BCUT2D eigenvalue weighted by Crippen LogP contribution is -2.60. The van der Waals surface area contributed by atoms with Gasteiger partial charge in [-0.2, -0.15) is 0 Å². The number of rotatable bonds is 7. The third-order valence-corrected chi connectivity index (χ3v) is 8.15. The molecule has 9 nitrogen and oxygen atoms in total. The Balaban J connectivity index is 1.70. The molecule has 228 valence electrons. The number of amides is 4. The van der Waals surface area contributed by atoms with Crippen molar-refractivity contribution >= 4 is 23.8 Å². The Morgan fingerprint density at radius 3 is 2.39 bits per heavy atom. The van der Waals surface area contributed by atoms with Gasteiger partial charge in [-0.25, -0.2) is 4.79 Å². The normalized spacial score (nSPS) is 22.3. The van der Waals surface area contributed by atoms with Crippen molar-refractivity contribution in [1.29, 1.82) is 0 Å². The monoisotopic (exact) mass is 570 g/mol. The van der Waals surface area contributed by atoms with Crippen molar-refractivity contribution in [1.82, 2.24) is 20.4 Å². The van der Waals surface area contributed by atoms with E-state index in [2.05, 4.69) is 28.8 Å². The van der Waals surface area contributed by atoms with Gasteiger partial charge in [-0.3, -0.25) is 19.3 Å². The number of carbonyl (C=O) groups is 4. The Kier molecular flexibility index (Phi) is 10.1. The first kappa shape index (κ1) is 32.4. The van der Waals surface area contributed by atoms with Gasteiger partial charge < -0.3 is 20.3 Å². The van der Waals surface area contributed by atoms with Gasteiger partial charge in [-0.1, -0.05) is 52.0 Å². The molecule has 0 bridgehead atoms. The average molecular weight is 571 g/mol. The van der Waals surface area contributed by atoms with Crippen LogP contribution in [0, 0.1) is 11.3 Å². The molecule has 0 aromatic heterocycles. The number of likely N-dealkylation sites (N-methyl/N-ethyl adjacent to an activating group) is 1. The van der Waals surface area contributed by atoms with E-state index in [1.165, 1.54) is 23.1 Å². The van der Waals surface area contributed by atoms with E-state index >= 15 is 0 Å². The van der Waals surface area contributed by atoms with Crippen molar-refractivity contribution < 1.29 is 23.9 Å². The summed E-state index contributed by atoms with van der Waals surface area (Å²) in [6.07, 6.45) is 3.13. The largest absolute Gasteiger partial charge is 0.444 e. The highest BCUT2D eigenvalue weighted by Gasteiger charge is 2.44. The molecule has 2 aliphatic rings. The molecular formula is C32H50N4O5. The van der Waals surface area contributed by atoms with Crippen molar-refractivity contribution in [2.75, 3.05) is 20.1 Å². The van der Waals surface area contributed by atoms with Gasteiger partial charge in [-0.05, 0) is 75.8 Å². The predicted molar refractivity (Wildman–Crippen MR) is 159 cm³/mol. The summed E-state index contributed by atoms with van der Waals surface area (Å²) < 4.78 is 5.40. The van der Waals surface area contributed by atoms with E-state index < -0.39 is 41.1 Å². The molecule has 5 atom stereocenters. The zero-order valence-electron chi connectivity index (χ0n) is 26.4. The van der Waals surface area contributed by atoms with Gasteiger partial charge in [0.2, 0.25) is 17.7 Å². The molecule has 1 heterocycles. The van der Waals surface area contributed by atoms with E-state index in [4.69, 9.17) is 4.74 Å². The number of nitrogens with one attached hydrogen (secondary N) is 2. The maximum atomic E-state index is 14.0. The fourth-order valence-corrected chi connectivity index (χ4v) is 5.69. The molecule has 0 spiro atoms. The van der Waals surface area contributed by atoms with Crippen LogP contribution in [0.3, 0.4) is 0 Å². The first-order valence-electron chi connectivity index (χ1n) is 14.9. The lowest BCUT2D eigenvalue weighted by molar-refractivity contribution is -0.144. The maximum absolute atomic E-state index is 14.0. The van der Waals surface area contributed by atoms with Crippen LogP contribution in [0.25, 0.3) is 0 Å². The minimum atomic E-state index is -0.879. The molecule has 1 aliphatic carbocycles. The molecule has 41 heavy (non-hydrogen) atoms. The number of likely N-dealkylation sites (tertiary alicyclic amines) is 1. The number of benzene rings is 1. The Labute approximate surface area is 245 Å². The number of nitrogens with zero attached hydrogens (tertiary/aromatic N) is 2. The first-order valence-corrected chi connectivity index (χ1v) is 14.9. The van der Waals surface area contributed by atoms with Gasteiger partial charge >= 0.3 is 6.09 Å². The van der Waals surface area contributed by atoms with Crippen molar-refractivity contribution in [2.45, 2.75) is 111 Å². The molecule has 1 aromatic carbocycles. The zero-order chi connectivity index (χ0) is 30.7. The van der Waals surface area contributed by atoms with Crippen LogP contribution in [0.1, 0.15) is 91.7 Å². The average Bonchev–Trinajstić information content (AvgIpc) is 3.29. The summed E-state index contributed by atoms with van der Waals surface area (Å²) in [6, 6.07) is 6.08. The van der Waals surface area contributed by atoms with Crippen LogP contribution in [-0.2, 0) is 25.5 Å². The van der Waals surface area contributed by atoms with Crippen molar-refractivity contribution in [3.05, 3.63) is 35.4 Å².